The molecule has 0 heterocycles. The maximum atomic E-state index is 9.78. The molecular weight excluding hydrogens is 164 g/mol. The fourth-order valence-corrected chi connectivity index (χ4v) is 0.333. The summed E-state index contributed by atoms with van der Waals surface area (Å²) in [5.41, 5.74) is 0. The zero-order valence-electron chi connectivity index (χ0n) is 3.63. The van der Waals surface area contributed by atoms with E-state index in [9.17, 15) is 5.11 Å². The summed E-state index contributed by atoms with van der Waals surface area (Å²) in [6.45, 7) is -0.642. The molecule has 0 aromatic carbocycles. The van der Waals surface area contributed by atoms with Crippen LogP contribution in [-0.4, -0.2) is 24.4 Å². The number of hydrogen-bond donors (Lipinski definition) is 1. The first-order valence-electron chi connectivity index (χ1n) is 1.81. The Balaban J connectivity index is 2.99. The fourth-order valence-electron chi connectivity index (χ4n) is 0.107. The van der Waals surface area contributed by atoms with Gasteiger partial charge in [-0.25, -0.2) is 5.11 Å². The molecule has 0 aliphatic rings. The maximum Gasteiger partial charge on any atom is 0.121 e. The van der Waals surface area contributed by atoms with Crippen LogP contribution in [0, 0.1) is 0 Å². The molecule has 4 heteroatoms. The molecule has 3 nitrogen and oxygen atoms in total. The van der Waals surface area contributed by atoms with Gasteiger partial charge < -0.3 is 5.11 Å². The number of rotatable bonds is 3. The predicted octanol–water partition coefficient (Wildman–Crippen LogP) is 0.104. The van der Waals surface area contributed by atoms with Crippen LogP contribution in [-0.2, 0) is 8.93 Å². The first-order valence-corrected chi connectivity index (χ1v) is 2.46. The smallest absolute Gasteiger partial charge is 0.121 e. The summed E-state index contributed by atoms with van der Waals surface area (Å²) in [6, 6.07) is 0. The van der Waals surface area contributed by atoms with Crippen molar-refractivity contribution in [2.24, 2.45) is 0 Å². The van der Waals surface area contributed by atoms with Crippen molar-refractivity contribution in [3.05, 3.63) is 0 Å². The van der Waals surface area contributed by atoms with E-state index in [0.717, 1.165) is 0 Å². The quantitative estimate of drug-likeness (QED) is 0.653. The van der Waals surface area contributed by atoms with Crippen LogP contribution < -0.4 is 0 Å². The Bertz CT molecular complexity index is 31.7. The summed E-state index contributed by atoms with van der Waals surface area (Å²) >= 11 is 2.58. The fraction of sp³-hybridized carbons (Fsp3) is 1.00. The standard InChI is InChI=1S/C3H6BrO3/c4-7-3(1-5)2-6/h3,5H,1-2H2. The summed E-state index contributed by atoms with van der Waals surface area (Å²) in [6.07, 6.45) is -0.597. The Hall–Kier alpha value is 0.360. The van der Waals surface area contributed by atoms with Crippen LogP contribution in [0.3, 0.4) is 0 Å². The van der Waals surface area contributed by atoms with Crippen molar-refractivity contribution in [3.63, 3.8) is 0 Å². The molecule has 43 valence electrons. The highest BCUT2D eigenvalue weighted by atomic mass is 79.9. The van der Waals surface area contributed by atoms with Gasteiger partial charge in [-0.15, -0.1) is 0 Å². The number of halogens is 1. The molecule has 0 fully saturated rings. The van der Waals surface area contributed by atoms with E-state index in [-0.39, 0.29) is 6.61 Å². The van der Waals surface area contributed by atoms with Crippen molar-refractivity contribution in [1.29, 1.82) is 0 Å². The lowest BCUT2D eigenvalue weighted by Gasteiger charge is -2.01. The largest absolute Gasteiger partial charge is 0.394 e. The van der Waals surface area contributed by atoms with Gasteiger partial charge in [-0.2, -0.15) is 0 Å². The Morgan fingerprint density at radius 3 is 2.43 bits per heavy atom. The summed E-state index contributed by atoms with van der Waals surface area (Å²) in [5, 5.41) is 17.9. The second kappa shape index (κ2) is 4.52. The Morgan fingerprint density at radius 2 is 2.43 bits per heavy atom. The van der Waals surface area contributed by atoms with E-state index in [2.05, 4.69) is 20.1 Å². The third-order valence-corrected chi connectivity index (χ3v) is 1.04. The van der Waals surface area contributed by atoms with Gasteiger partial charge in [-0.1, -0.05) is 0 Å². The van der Waals surface area contributed by atoms with E-state index in [1.165, 1.54) is 0 Å². The lowest BCUT2D eigenvalue weighted by Crippen LogP contribution is -2.16. The average Bonchev–Trinajstić information content (AvgIpc) is 1.72. The summed E-state index contributed by atoms with van der Waals surface area (Å²) in [4.78, 5) is 0. The van der Waals surface area contributed by atoms with Crippen LogP contribution in [0.2, 0.25) is 0 Å². The monoisotopic (exact) mass is 169 g/mol. The van der Waals surface area contributed by atoms with E-state index in [1.54, 1.807) is 0 Å². The zero-order valence-corrected chi connectivity index (χ0v) is 5.22. The second-order valence-corrected chi connectivity index (χ2v) is 1.43. The minimum atomic E-state index is -0.597. The zero-order chi connectivity index (χ0) is 5.70. The van der Waals surface area contributed by atoms with Crippen molar-refractivity contribution in [2.75, 3.05) is 13.2 Å². The molecule has 0 aliphatic heterocycles. The highest BCUT2D eigenvalue weighted by Crippen LogP contribution is 1.93. The summed E-state index contributed by atoms with van der Waals surface area (Å²) in [7, 11) is 0. The molecule has 0 bridgehead atoms. The average molecular weight is 170 g/mol. The van der Waals surface area contributed by atoms with Crippen LogP contribution in [0.1, 0.15) is 0 Å². The highest BCUT2D eigenvalue weighted by molar-refractivity contribution is 9.06. The van der Waals surface area contributed by atoms with E-state index < -0.39 is 12.7 Å². The topological polar surface area (TPSA) is 49.4 Å². The van der Waals surface area contributed by atoms with Crippen LogP contribution >= 0.6 is 16.3 Å². The predicted molar refractivity (Wildman–Crippen MR) is 26.4 cm³/mol. The van der Waals surface area contributed by atoms with Crippen molar-refractivity contribution in [1.82, 2.24) is 0 Å². The Kier molecular flexibility index (Phi) is 4.75. The van der Waals surface area contributed by atoms with E-state index in [1.807, 2.05) is 0 Å². The van der Waals surface area contributed by atoms with Crippen molar-refractivity contribution in [2.45, 2.75) is 6.10 Å². The van der Waals surface area contributed by atoms with Gasteiger partial charge in [0.15, 0.2) is 0 Å². The highest BCUT2D eigenvalue weighted by Gasteiger charge is 2.02. The van der Waals surface area contributed by atoms with Crippen molar-refractivity contribution >= 4 is 16.3 Å². The van der Waals surface area contributed by atoms with E-state index >= 15 is 0 Å². The minimum absolute atomic E-state index is 0.227. The molecule has 0 aromatic heterocycles. The van der Waals surface area contributed by atoms with E-state index in [4.69, 9.17) is 5.11 Å². The molecule has 0 spiro atoms. The maximum absolute atomic E-state index is 9.78. The molecular formula is C3H6BrO3. The second-order valence-electron chi connectivity index (χ2n) is 1.06. The molecule has 7 heavy (non-hydrogen) atoms. The van der Waals surface area contributed by atoms with Crippen LogP contribution in [0.25, 0.3) is 0 Å². The molecule has 1 N–H and O–H groups in total. The third-order valence-electron chi connectivity index (χ3n) is 0.516. The van der Waals surface area contributed by atoms with Crippen molar-refractivity contribution in [3.8, 4) is 0 Å². The first-order chi connectivity index (χ1) is 3.35. The molecule has 0 aromatic rings. The third kappa shape index (κ3) is 2.99. The minimum Gasteiger partial charge on any atom is -0.394 e. The number of aliphatic hydroxyl groups excluding tert-OH is 1. The van der Waals surface area contributed by atoms with Gasteiger partial charge >= 0.3 is 0 Å². The van der Waals surface area contributed by atoms with E-state index in [0.29, 0.717) is 0 Å². The lowest BCUT2D eigenvalue weighted by atomic mass is 10.4. The molecule has 0 saturated carbocycles. The summed E-state index contributed by atoms with van der Waals surface area (Å²) in [5.74, 6) is 0. The molecule has 0 aliphatic carbocycles. The Labute approximate surface area is 50.4 Å². The van der Waals surface area contributed by atoms with Gasteiger partial charge in [-0.3, -0.25) is 3.83 Å². The van der Waals surface area contributed by atoms with Gasteiger partial charge in [0, 0.05) is 0 Å². The number of aliphatic hydroxyl groups is 1. The molecule has 0 rings (SSSR count). The van der Waals surface area contributed by atoms with Crippen LogP contribution in [0.5, 0.6) is 0 Å². The molecule has 1 atom stereocenters. The SMILES string of the molecule is [O]CC(CO)OBr. The summed E-state index contributed by atoms with van der Waals surface area (Å²) < 4.78 is 4.30. The molecule has 0 saturated heterocycles. The molecule has 1 radical (unpaired) electrons. The normalized spacial score (nSPS) is 10.3. The lowest BCUT2D eigenvalue weighted by molar-refractivity contribution is 0.0513. The van der Waals surface area contributed by atoms with Gasteiger partial charge in [0.2, 0.25) is 0 Å². The van der Waals surface area contributed by atoms with Gasteiger partial charge in [0.25, 0.3) is 0 Å². The molecule has 0 amide bonds. The molecule has 1 unspecified atom stereocenters. The van der Waals surface area contributed by atoms with Crippen molar-refractivity contribution < 1.29 is 14.0 Å². The Morgan fingerprint density at radius 1 is 1.86 bits per heavy atom. The van der Waals surface area contributed by atoms with Gasteiger partial charge in [0.1, 0.15) is 12.7 Å². The van der Waals surface area contributed by atoms with Crippen LogP contribution in [0.4, 0.5) is 0 Å². The first kappa shape index (κ1) is 7.36. The number of hydrogen-bond acceptors (Lipinski definition) is 2. The van der Waals surface area contributed by atoms with Crippen LogP contribution in [0.15, 0.2) is 0 Å². The van der Waals surface area contributed by atoms with Gasteiger partial charge in [0.05, 0.1) is 22.9 Å². The van der Waals surface area contributed by atoms with Gasteiger partial charge in [-0.05, 0) is 0 Å².